The molecular formula is C39H68O6. The number of carbonyl (C=O) groups excluding carboxylic acids is 3. The highest BCUT2D eigenvalue weighted by molar-refractivity contribution is 5.70. The minimum atomic E-state index is -0.772. The summed E-state index contributed by atoms with van der Waals surface area (Å²) in [5, 5.41) is 0. The van der Waals surface area contributed by atoms with E-state index in [0.717, 1.165) is 77.0 Å². The molecule has 0 rings (SSSR count). The van der Waals surface area contributed by atoms with E-state index in [1.807, 2.05) is 0 Å². The first-order valence-corrected chi connectivity index (χ1v) is 18.4. The van der Waals surface area contributed by atoms with Crippen molar-refractivity contribution < 1.29 is 28.6 Å². The molecule has 0 spiro atoms. The Morgan fingerprint density at radius 1 is 0.511 bits per heavy atom. The van der Waals surface area contributed by atoms with Crippen LogP contribution in [0.4, 0.5) is 0 Å². The molecule has 0 aliphatic rings. The van der Waals surface area contributed by atoms with Gasteiger partial charge in [0.25, 0.3) is 0 Å². The second kappa shape index (κ2) is 34.5. The molecule has 45 heavy (non-hydrogen) atoms. The van der Waals surface area contributed by atoms with Crippen LogP contribution in [0.1, 0.15) is 175 Å². The monoisotopic (exact) mass is 633 g/mol. The van der Waals surface area contributed by atoms with Gasteiger partial charge in [-0.3, -0.25) is 14.4 Å². The van der Waals surface area contributed by atoms with E-state index in [9.17, 15) is 14.4 Å². The van der Waals surface area contributed by atoms with Gasteiger partial charge in [-0.2, -0.15) is 0 Å². The molecule has 0 aromatic rings. The molecule has 6 heteroatoms. The molecule has 260 valence electrons. The number of hydrogen-bond acceptors (Lipinski definition) is 6. The van der Waals surface area contributed by atoms with E-state index in [1.165, 1.54) is 71.1 Å². The van der Waals surface area contributed by atoms with Gasteiger partial charge in [0.1, 0.15) is 13.2 Å². The number of rotatable bonds is 32. The third-order valence-electron chi connectivity index (χ3n) is 7.72. The summed E-state index contributed by atoms with van der Waals surface area (Å²) in [7, 11) is 0. The van der Waals surface area contributed by atoms with Crippen LogP contribution >= 0.6 is 0 Å². The lowest BCUT2D eigenvalue weighted by Crippen LogP contribution is -2.30. The first kappa shape index (κ1) is 42.6. The lowest BCUT2D eigenvalue weighted by Gasteiger charge is -2.17. The second-order valence-corrected chi connectivity index (χ2v) is 12.2. The standard InChI is InChI=1S/C39H68O6/c1-4-6-8-10-12-14-16-18-19-21-23-25-27-29-31-33-39(42)45-37(34-43-36(3)40)35-44-38(41)32-30-28-26-24-22-20-17-15-13-11-9-7-5-2/h6,8,12,14,18-19,37H,4-5,7,9-11,13,15-17,20-35H2,1-3H3/b8-6+,14-12+,19-18+. The predicted octanol–water partition coefficient (Wildman–Crippen LogP) is 11.1. The maximum Gasteiger partial charge on any atom is 0.306 e. The van der Waals surface area contributed by atoms with Crippen molar-refractivity contribution in [3.05, 3.63) is 36.5 Å². The van der Waals surface area contributed by atoms with E-state index in [1.54, 1.807) is 0 Å². The van der Waals surface area contributed by atoms with Crippen LogP contribution in [0.25, 0.3) is 0 Å². The highest BCUT2D eigenvalue weighted by Gasteiger charge is 2.18. The average molecular weight is 633 g/mol. The van der Waals surface area contributed by atoms with Gasteiger partial charge in [-0.05, 0) is 44.9 Å². The van der Waals surface area contributed by atoms with Crippen LogP contribution in [0, 0.1) is 0 Å². The van der Waals surface area contributed by atoms with E-state index in [-0.39, 0.29) is 25.2 Å². The van der Waals surface area contributed by atoms with Crippen molar-refractivity contribution in [1.82, 2.24) is 0 Å². The molecule has 0 saturated heterocycles. The fourth-order valence-corrected chi connectivity index (χ4v) is 5.00. The SMILES string of the molecule is CC/C=C/C/C=C/C/C=C/CCCCCCCC(=O)OC(COC(C)=O)COC(=O)CCCCCCCCCCCCCCC. The smallest absolute Gasteiger partial charge is 0.306 e. The molecule has 0 amide bonds. The Hall–Kier alpha value is -2.37. The van der Waals surface area contributed by atoms with Gasteiger partial charge >= 0.3 is 17.9 Å². The minimum Gasteiger partial charge on any atom is -0.462 e. The number of ether oxygens (including phenoxy) is 3. The number of esters is 3. The van der Waals surface area contributed by atoms with Crippen molar-refractivity contribution in [2.75, 3.05) is 13.2 Å². The number of carbonyl (C=O) groups is 3. The Kier molecular flexibility index (Phi) is 32.7. The van der Waals surface area contributed by atoms with E-state index >= 15 is 0 Å². The summed E-state index contributed by atoms with van der Waals surface area (Å²) in [4.78, 5) is 35.9. The normalized spacial score (nSPS) is 12.3. The number of unbranched alkanes of at least 4 members (excludes halogenated alkanes) is 17. The fraction of sp³-hybridized carbons (Fsp3) is 0.769. The van der Waals surface area contributed by atoms with Gasteiger partial charge < -0.3 is 14.2 Å². The summed E-state index contributed by atoms with van der Waals surface area (Å²) < 4.78 is 15.9. The summed E-state index contributed by atoms with van der Waals surface area (Å²) in [5.41, 5.74) is 0. The first-order chi connectivity index (χ1) is 22.0. The topological polar surface area (TPSA) is 78.9 Å². The van der Waals surface area contributed by atoms with Crippen LogP contribution in [-0.4, -0.2) is 37.2 Å². The zero-order valence-electron chi connectivity index (χ0n) is 29.4. The van der Waals surface area contributed by atoms with Gasteiger partial charge in [-0.15, -0.1) is 0 Å². The quantitative estimate of drug-likeness (QED) is 0.0318. The average Bonchev–Trinajstić information content (AvgIpc) is 3.02. The molecule has 0 aromatic carbocycles. The Morgan fingerprint density at radius 3 is 1.49 bits per heavy atom. The number of allylic oxidation sites excluding steroid dienone is 6. The molecule has 0 aliphatic carbocycles. The minimum absolute atomic E-state index is 0.0878. The van der Waals surface area contributed by atoms with Crippen molar-refractivity contribution in [1.29, 1.82) is 0 Å². The van der Waals surface area contributed by atoms with Crippen molar-refractivity contribution >= 4 is 17.9 Å². The Balaban J connectivity index is 3.90. The number of hydrogen-bond donors (Lipinski definition) is 0. The van der Waals surface area contributed by atoms with Crippen LogP contribution in [0.15, 0.2) is 36.5 Å². The molecule has 1 unspecified atom stereocenters. The van der Waals surface area contributed by atoms with Crippen molar-refractivity contribution in [3.8, 4) is 0 Å². The zero-order chi connectivity index (χ0) is 33.1. The van der Waals surface area contributed by atoms with Crippen LogP contribution in [0.3, 0.4) is 0 Å². The zero-order valence-corrected chi connectivity index (χ0v) is 29.4. The Morgan fingerprint density at radius 2 is 0.956 bits per heavy atom. The van der Waals surface area contributed by atoms with Crippen LogP contribution < -0.4 is 0 Å². The van der Waals surface area contributed by atoms with Gasteiger partial charge in [0.15, 0.2) is 6.10 Å². The molecule has 0 N–H and O–H groups in total. The maximum absolute atomic E-state index is 12.4. The molecule has 0 heterocycles. The van der Waals surface area contributed by atoms with Gasteiger partial charge in [0, 0.05) is 19.8 Å². The lowest BCUT2D eigenvalue weighted by molar-refractivity contribution is -0.166. The molecule has 0 aliphatic heterocycles. The first-order valence-electron chi connectivity index (χ1n) is 18.4. The lowest BCUT2D eigenvalue weighted by atomic mass is 10.0. The van der Waals surface area contributed by atoms with Crippen LogP contribution in [0.2, 0.25) is 0 Å². The van der Waals surface area contributed by atoms with Crippen LogP contribution in [0.5, 0.6) is 0 Å². The van der Waals surface area contributed by atoms with E-state index in [0.29, 0.717) is 12.8 Å². The van der Waals surface area contributed by atoms with Crippen molar-refractivity contribution in [2.45, 2.75) is 181 Å². The Labute approximate surface area is 276 Å². The van der Waals surface area contributed by atoms with Crippen molar-refractivity contribution in [3.63, 3.8) is 0 Å². The molecule has 1 atom stereocenters. The molecule has 0 aromatic heterocycles. The Bertz CT molecular complexity index is 784. The van der Waals surface area contributed by atoms with Gasteiger partial charge in [0.05, 0.1) is 0 Å². The molecule has 0 saturated carbocycles. The summed E-state index contributed by atoms with van der Waals surface area (Å²) in [6.45, 7) is 5.51. The fourth-order valence-electron chi connectivity index (χ4n) is 5.00. The summed E-state index contributed by atoms with van der Waals surface area (Å²) >= 11 is 0. The van der Waals surface area contributed by atoms with Gasteiger partial charge in [0.2, 0.25) is 0 Å². The van der Waals surface area contributed by atoms with Crippen molar-refractivity contribution in [2.24, 2.45) is 0 Å². The van der Waals surface area contributed by atoms with Gasteiger partial charge in [-0.25, -0.2) is 0 Å². The van der Waals surface area contributed by atoms with E-state index in [2.05, 4.69) is 50.3 Å². The predicted molar refractivity (Wildman–Crippen MR) is 187 cm³/mol. The largest absolute Gasteiger partial charge is 0.462 e. The van der Waals surface area contributed by atoms with Gasteiger partial charge in [-0.1, -0.05) is 147 Å². The highest BCUT2D eigenvalue weighted by Crippen LogP contribution is 2.14. The summed E-state index contributed by atoms with van der Waals surface area (Å²) in [6, 6.07) is 0. The third kappa shape index (κ3) is 34.3. The molecule has 0 radical (unpaired) electrons. The second-order valence-electron chi connectivity index (χ2n) is 12.2. The molecular weight excluding hydrogens is 564 g/mol. The molecule has 6 nitrogen and oxygen atoms in total. The van der Waals surface area contributed by atoms with Crippen LogP contribution in [-0.2, 0) is 28.6 Å². The molecule has 0 fully saturated rings. The summed E-state index contributed by atoms with van der Waals surface area (Å²) in [6.07, 6.45) is 38.7. The third-order valence-corrected chi connectivity index (χ3v) is 7.72. The summed E-state index contributed by atoms with van der Waals surface area (Å²) in [5.74, 6) is -1.10. The van der Waals surface area contributed by atoms with E-state index in [4.69, 9.17) is 14.2 Å². The maximum atomic E-state index is 12.4. The van der Waals surface area contributed by atoms with E-state index < -0.39 is 12.1 Å². The molecule has 0 bridgehead atoms. The highest BCUT2D eigenvalue weighted by atomic mass is 16.6.